The van der Waals surface area contributed by atoms with Crippen molar-refractivity contribution in [3.63, 3.8) is 0 Å². The van der Waals surface area contributed by atoms with Crippen LogP contribution in [0, 0.1) is 0 Å². The van der Waals surface area contributed by atoms with E-state index in [1.165, 1.54) is 18.4 Å². The smallest absolute Gasteiger partial charge is 0.410 e. The molecule has 6 nitrogen and oxygen atoms in total. The molecule has 1 aromatic carbocycles. The monoisotopic (exact) mass is 388 g/mol. The van der Waals surface area contributed by atoms with Crippen LogP contribution in [0.25, 0.3) is 0 Å². The Hall–Kier alpha value is -1.79. The fraction of sp³-hybridized carbons (Fsp3) is 0.682. The Bertz CT molecular complexity index is 662. The molecule has 1 amide bonds. The number of amides is 1. The minimum absolute atomic E-state index is 0.0536. The number of para-hydroxylation sites is 1. The molecule has 28 heavy (non-hydrogen) atoms. The SMILES string of the molecule is CCOc1ccccc1CN1CCO[C@H]2CN(C(=O)OC3CCCC3)CC[C@@H]21. The summed E-state index contributed by atoms with van der Waals surface area (Å²) in [6.45, 7) is 6.51. The van der Waals surface area contributed by atoms with Gasteiger partial charge >= 0.3 is 6.09 Å². The van der Waals surface area contributed by atoms with E-state index in [1.54, 1.807) is 0 Å². The fourth-order valence-corrected chi connectivity index (χ4v) is 4.71. The van der Waals surface area contributed by atoms with E-state index in [9.17, 15) is 4.79 Å². The first-order valence-electron chi connectivity index (χ1n) is 10.8. The van der Waals surface area contributed by atoms with Crippen LogP contribution in [0.15, 0.2) is 24.3 Å². The Morgan fingerprint density at radius 3 is 2.82 bits per heavy atom. The van der Waals surface area contributed by atoms with Gasteiger partial charge < -0.3 is 19.1 Å². The van der Waals surface area contributed by atoms with Crippen LogP contribution in [0.4, 0.5) is 4.79 Å². The highest BCUT2D eigenvalue weighted by molar-refractivity contribution is 5.68. The number of nitrogens with zero attached hydrogens (tertiary/aromatic N) is 2. The summed E-state index contributed by atoms with van der Waals surface area (Å²) in [4.78, 5) is 16.9. The largest absolute Gasteiger partial charge is 0.494 e. The maximum atomic E-state index is 12.5. The number of fused-ring (bicyclic) bond motifs is 1. The average Bonchev–Trinajstić information content (AvgIpc) is 3.22. The van der Waals surface area contributed by atoms with E-state index in [0.717, 1.165) is 44.6 Å². The van der Waals surface area contributed by atoms with Gasteiger partial charge in [-0.1, -0.05) is 18.2 Å². The second kappa shape index (κ2) is 9.14. The lowest BCUT2D eigenvalue weighted by molar-refractivity contribution is -0.105. The number of benzene rings is 1. The molecule has 154 valence electrons. The number of carbonyl (C=O) groups excluding carboxylic acids is 1. The first kappa shape index (κ1) is 19.5. The van der Waals surface area contributed by atoms with E-state index < -0.39 is 0 Å². The average molecular weight is 389 g/mol. The molecule has 2 aliphatic heterocycles. The predicted octanol–water partition coefficient (Wildman–Crippen LogP) is 3.44. The summed E-state index contributed by atoms with van der Waals surface area (Å²) in [5.41, 5.74) is 1.22. The topological polar surface area (TPSA) is 51.2 Å². The van der Waals surface area contributed by atoms with Gasteiger partial charge in [0.2, 0.25) is 0 Å². The van der Waals surface area contributed by atoms with Gasteiger partial charge in [-0.25, -0.2) is 4.79 Å². The summed E-state index contributed by atoms with van der Waals surface area (Å²) in [7, 11) is 0. The van der Waals surface area contributed by atoms with Crippen molar-refractivity contribution in [2.45, 2.75) is 63.8 Å². The van der Waals surface area contributed by atoms with Crippen molar-refractivity contribution in [1.82, 2.24) is 9.80 Å². The van der Waals surface area contributed by atoms with E-state index in [4.69, 9.17) is 14.2 Å². The molecule has 0 radical (unpaired) electrons. The number of hydrogen-bond donors (Lipinski definition) is 0. The van der Waals surface area contributed by atoms with E-state index in [2.05, 4.69) is 17.0 Å². The Kier molecular flexibility index (Phi) is 6.37. The third-order valence-electron chi connectivity index (χ3n) is 6.18. The molecule has 2 saturated heterocycles. The van der Waals surface area contributed by atoms with E-state index in [1.807, 2.05) is 24.0 Å². The quantitative estimate of drug-likeness (QED) is 0.773. The fourth-order valence-electron chi connectivity index (χ4n) is 4.71. The molecule has 3 fully saturated rings. The van der Waals surface area contributed by atoms with Crippen LogP contribution >= 0.6 is 0 Å². The van der Waals surface area contributed by atoms with Gasteiger partial charge in [0.15, 0.2) is 0 Å². The van der Waals surface area contributed by atoms with Crippen LogP contribution in [0.3, 0.4) is 0 Å². The number of morpholine rings is 1. The van der Waals surface area contributed by atoms with Gasteiger partial charge in [-0.3, -0.25) is 4.90 Å². The first-order valence-corrected chi connectivity index (χ1v) is 10.8. The zero-order chi connectivity index (χ0) is 19.3. The van der Waals surface area contributed by atoms with Gasteiger partial charge in [-0.15, -0.1) is 0 Å². The minimum atomic E-state index is -0.159. The van der Waals surface area contributed by atoms with Crippen molar-refractivity contribution in [3.05, 3.63) is 29.8 Å². The van der Waals surface area contributed by atoms with Crippen molar-refractivity contribution >= 4 is 6.09 Å². The number of hydrogen-bond acceptors (Lipinski definition) is 5. The number of carbonyl (C=O) groups is 1. The molecule has 1 saturated carbocycles. The van der Waals surface area contributed by atoms with Crippen molar-refractivity contribution in [2.24, 2.45) is 0 Å². The van der Waals surface area contributed by atoms with Gasteiger partial charge in [-0.2, -0.15) is 0 Å². The van der Waals surface area contributed by atoms with Gasteiger partial charge in [0, 0.05) is 31.2 Å². The Balaban J connectivity index is 1.36. The van der Waals surface area contributed by atoms with Crippen molar-refractivity contribution in [3.8, 4) is 5.75 Å². The number of likely N-dealkylation sites (tertiary alicyclic amines) is 1. The highest BCUT2D eigenvalue weighted by Crippen LogP contribution is 2.29. The summed E-state index contributed by atoms with van der Waals surface area (Å²) in [5.74, 6) is 0.964. The van der Waals surface area contributed by atoms with E-state index >= 15 is 0 Å². The highest BCUT2D eigenvalue weighted by atomic mass is 16.6. The molecule has 2 atom stereocenters. The Morgan fingerprint density at radius 2 is 2.00 bits per heavy atom. The van der Waals surface area contributed by atoms with Crippen LogP contribution in [-0.2, 0) is 16.0 Å². The molecule has 0 unspecified atom stereocenters. The normalized spacial score (nSPS) is 26.1. The number of rotatable bonds is 5. The second-order valence-electron chi connectivity index (χ2n) is 8.01. The first-order chi connectivity index (χ1) is 13.7. The van der Waals surface area contributed by atoms with Gasteiger partial charge in [0.25, 0.3) is 0 Å². The minimum Gasteiger partial charge on any atom is -0.494 e. The van der Waals surface area contributed by atoms with Crippen LogP contribution in [0.5, 0.6) is 5.75 Å². The van der Waals surface area contributed by atoms with Gasteiger partial charge in [-0.05, 0) is 45.1 Å². The number of piperidine rings is 1. The maximum Gasteiger partial charge on any atom is 0.410 e. The van der Waals surface area contributed by atoms with Crippen LogP contribution < -0.4 is 4.74 Å². The zero-order valence-corrected chi connectivity index (χ0v) is 16.8. The molecule has 4 rings (SSSR count). The lowest BCUT2D eigenvalue weighted by atomic mass is 9.97. The Morgan fingerprint density at radius 1 is 1.18 bits per heavy atom. The highest BCUT2D eigenvalue weighted by Gasteiger charge is 2.39. The maximum absolute atomic E-state index is 12.5. The molecule has 0 N–H and O–H groups in total. The molecule has 0 aromatic heterocycles. The summed E-state index contributed by atoms with van der Waals surface area (Å²) in [5, 5.41) is 0. The summed E-state index contributed by atoms with van der Waals surface area (Å²) >= 11 is 0. The molecule has 6 heteroatoms. The predicted molar refractivity (Wildman–Crippen MR) is 106 cm³/mol. The zero-order valence-electron chi connectivity index (χ0n) is 16.8. The standard InChI is InChI=1S/C22H32N2O4/c1-2-26-20-10-6-3-7-17(20)15-23-13-14-27-21-16-24(12-11-19(21)23)22(25)28-18-8-4-5-9-18/h3,6-7,10,18-19,21H,2,4-5,8-9,11-16H2,1H3/t19-,21-/m0/s1. The van der Waals surface area contributed by atoms with Crippen molar-refractivity contribution < 1.29 is 19.0 Å². The molecule has 0 bridgehead atoms. The summed E-state index contributed by atoms with van der Waals surface area (Å²) in [6.07, 6.45) is 5.29. The molecule has 0 spiro atoms. The van der Waals surface area contributed by atoms with Crippen LogP contribution in [-0.4, -0.2) is 67.0 Å². The third-order valence-corrected chi connectivity index (χ3v) is 6.18. The Labute approximate surface area is 167 Å². The molecule has 3 aliphatic rings. The van der Waals surface area contributed by atoms with Crippen LogP contribution in [0.2, 0.25) is 0 Å². The molecular weight excluding hydrogens is 356 g/mol. The van der Waals surface area contributed by atoms with Gasteiger partial charge in [0.05, 0.1) is 25.9 Å². The number of ether oxygens (including phenoxy) is 3. The molecule has 2 heterocycles. The van der Waals surface area contributed by atoms with Crippen molar-refractivity contribution in [1.29, 1.82) is 0 Å². The van der Waals surface area contributed by atoms with Crippen molar-refractivity contribution in [2.75, 3.05) is 32.8 Å². The van der Waals surface area contributed by atoms with Gasteiger partial charge in [0.1, 0.15) is 11.9 Å². The third kappa shape index (κ3) is 4.44. The molecule has 1 aliphatic carbocycles. The van der Waals surface area contributed by atoms with E-state index in [-0.39, 0.29) is 18.3 Å². The van der Waals surface area contributed by atoms with Crippen LogP contribution in [0.1, 0.15) is 44.6 Å². The second-order valence-corrected chi connectivity index (χ2v) is 8.01. The lowest BCUT2D eigenvalue weighted by Crippen LogP contribution is -2.59. The summed E-state index contributed by atoms with van der Waals surface area (Å²) < 4.78 is 17.6. The summed E-state index contributed by atoms with van der Waals surface area (Å²) in [6, 6.07) is 8.60. The molecular formula is C22H32N2O4. The van der Waals surface area contributed by atoms with E-state index in [0.29, 0.717) is 25.8 Å². The lowest BCUT2D eigenvalue weighted by Gasteiger charge is -2.46. The molecule has 1 aromatic rings.